The van der Waals surface area contributed by atoms with Gasteiger partial charge in [-0.1, -0.05) is 12.1 Å². The molecule has 0 spiro atoms. The molecule has 1 aliphatic rings. The molecule has 0 fully saturated rings. The molecule has 0 saturated carbocycles. The predicted molar refractivity (Wildman–Crippen MR) is 83.0 cm³/mol. The van der Waals surface area contributed by atoms with Crippen LogP contribution in [0, 0.1) is 19.7 Å². The molecule has 2 aromatic rings. The van der Waals surface area contributed by atoms with Crippen LogP contribution in [-0.4, -0.2) is 22.0 Å². The summed E-state index contributed by atoms with van der Waals surface area (Å²) in [6.07, 6.45) is 4.84. The van der Waals surface area contributed by atoms with Crippen molar-refractivity contribution in [2.75, 3.05) is 0 Å². The Morgan fingerprint density at radius 3 is 2.71 bits per heavy atom. The van der Waals surface area contributed by atoms with E-state index in [1.165, 1.54) is 11.8 Å². The fourth-order valence-electron chi connectivity index (χ4n) is 2.65. The van der Waals surface area contributed by atoms with Crippen molar-refractivity contribution >= 4 is 11.8 Å². The van der Waals surface area contributed by atoms with Crippen LogP contribution in [0.1, 0.15) is 22.5 Å². The first-order valence-electron chi connectivity index (χ1n) is 7.04. The van der Waals surface area contributed by atoms with E-state index in [2.05, 4.69) is 22.2 Å². The van der Waals surface area contributed by atoms with Gasteiger partial charge in [0.15, 0.2) is 0 Å². The minimum Gasteiger partial charge on any atom is -0.285 e. The van der Waals surface area contributed by atoms with Crippen LogP contribution in [0.4, 0.5) is 4.39 Å². The van der Waals surface area contributed by atoms with E-state index >= 15 is 0 Å². The maximum Gasteiger partial charge on any atom is 0.126 e. The highest BCUT2D eigenvalue weighted by Gasteiger charge is 2.15. The summed E-state index contributed by atoms with van der Waals surface area (Å²) in [6.45, 7) is 3.77. The molecule has 108 valence electrons. The number of halogens is 1. The number of rotatable bonds is 3. The van der Waals surface area contributed by atoms with Crippen LogP contribution in [0.2, 0.25) is 0 Å². The van der Waals surface area contributed by atoms with E-state index < -0.39 is 0 Å². The van der Waals surface area contributed by atoms with Gasteiger partial charge in [-0.25, -0.2) is 4.39 Å². The SMILES string of the molecule is Cc1cc(C[C@H]2C=C(c3ccc(F)c(C)c3)C=N2)n(C)n1. The van der Waals surface area contributed by atoms with Gasteiger partial charge < -0.3 is 0 Å². The molecule has 1 atom stereocenters. The van der Waals surface area contributed by atoms with Crippen molar-refractivity contribution in [3.63, 3.8) is 0 Å². The van der Waals surface area contributed by atoms with E-state index in [1.807, 2.05) is 30.9 Å². The number of benzene rings is 1. The molecule has 0 aliphatic carbocycles. The van der Waals surface area contributed by atoms with Crippen LogP contribution in [-0.2, 0) is 13.5 Å². The van der Waals surface area contributed by atoms with Gasteiger partial charge in [-0.2, -0.15) is 5.10 Å². The molecule has 0 saturated heterocycles. The Hall–Kier alpha value is -2.23. The molecule has 0 radical (unpaired) electrons. The summed E-state index contributed by atoms with van der Waals surface area (Å²) in [6, 6.07) is 7.39. The second kappa shape index (κ2) is 5.28. The lowest BCUT2D eigenvalue weighted by Crippen LogP contribution is -2.07. The minimum atomic E-state index is -0.170. The van der Waals surface area contributed by atoms with Crippen LogP contribution in [0.15, 0.2) is 35.3 Å². The van der Waals surface area contributed by atoms with Gasteiger partial charge in [0.2, 0.25) is 0 Å². The summed E-state index contributed by atoms with van der Waals surface area (Å²) in [5.41, 5.74) is 4.92. The summed E-state index contributed by atoms with van der Waals surface area (Å²) >= 11 is 0. The Kier molecular flexibility index (Phi) is 3.45. The van der Waals surface area contributed by atoms with Crippen molar-refractivity contribution in [1.82, 2.24) is 9.78 Å². The topological polar surface area (TPSA) is 30.2 Å². The lowest BCUT2D eigenvalue weighted by Gasteiger charge is -2.05. The van der Waals surface area contributed by atoms with Crippen LogP contribution in [0.3, 0.4) is 0 Å². The summed E-state index contributed by atoms with van der Waals surface area (Å²) < 4.78 is 15.2. The van der Waals surface area contributed by atoms with E-state index in [1.54, 1.807) is 13.0 Å². The normalized spacial score (nSPS) is 17.3. The summed E-state index contributed by atoms with van der Waals surface area (Å²) in [5, 5.41) is 4.35. The number of hydrogen-bond donors (Lipinski definition) is 0. The fraction of sp³-hybridized carbons (Fsp3) is 0.294. The van der Waals surface area contributed by atoms with Gasteiger partial charge in [0.05, 0.1) is 11.7 Å². The standard InChI is InChI=1S/C17H18FN3/c1-11-6-13(4-5-17(11)18)14-8-15(19-10-14)9-16-7-12(2)20-21(16)3/h4-8,10,15H,9H2,1-3H3/t15-/m1/s1. The average molecular weight is 283 g/mol. The molecule has 1 aromatic heterocycles. The molecule has 21 heavy (non-hydrogen) atoms. The Balaban J connectivity index is 1.80. The number of hydrogen-bond acceptors (Lipinski definition) is 2. The zero-order valence-electron chi connectivity index (χ0n) is 12.5. The first-order valence-corrected chi connectivity index (χ1v) is 7.04. The Morgan fingerprint density at radius 2 is 2.05 bits per heavy atom. The molecule has 0 bridgehead atoms. The van der Waals surface area contributed by atoms with Crippen molar-refractivity contribution in [1.29, 1.82) is 0 Å². The Morgan fingerprint density at radius 1 is 1.24 bits per heavy atom. The number of aliphatic imine (C=N–C) groups is 1. The summed E-state index contributed by atoms with van der Waals surface area (Å²) in [4.78, 5) is 4.54. The van der Waals surface area contributed by atoms with Gasteiger partial charge in [0.25, 0.3) is 0 Å². The first kappa shape index (κ1) is 13.7. The number of allylic oxidation sites excluding steroid dienone is 1. The van der Waals surface area contributed by atoms with Crippen molar-refractivity contribution < 1.29 is 4.39 Å². The van der Waals surface area contributed by atoms with Crippen LogP contribution < -0.4 is 0 Å². The van der Waals surface area contributed by atoms with Crippen LogP contribution in [0.5, 0.6) is 0 Å². The molecule has 2 heterocycles. The number of nitrogens with zero attached hydrogens (tertiary/aromatic N) is 3. The van der Waals surface area contributed by atoms with Crippen molar-refractivity contribution in [3.05, 3.63) is 58.7 Å². The lowest BCUT2D eigenvalue weighted by atomic mass is 10.0. The van der Waals surface area contributed by atoms with E-state index in [-0.39, 0.29) is 11.9 Å². The maximum absolute atomic E-state index is 13.3. The molecule has 4 heteroatoms. The molecule has 0 unspecified atom stereocenters. The van der Waals surface area contributed by atoms with Crippen LogP contribution in [0.25, 0.3) is 5.57 Å². The zero-order chi connectivity index (χ0) is 15.0. The lowest BCUT2D eigenvalue weighted by molar-refractivity contribution is 0.618. The second-order valence-corrected chi connectivity index (χ2v) is 5.54. The summed E-state index contributed by atoms with van der Waals surface area (Å²) in [7, 11) is 1.95. The fourth-order valence-corrected chi connectivity index (χ4v) is 2.65. The third-order valence-electron chi connectivity index (χ3n) is 3.79. The van der Waals surface area contributed by atoms with E-state index in [4.69, 9.17) is 0 Å². The molecule has 3 rings (SSSR count). The van der Waals surface area contributed by atoms with Gasteiger partial charge in [0, 0.05) is 25.4 Å². The van der Waals surface area contributed by atoms with E-state index in [0.29, 0.717) is 5.56 Å². The summed E-state index contributed by atoms with van der Waals surface area (Å²) in [5.74, 6) is -0.170. The molecule has 0 amide bonds. The third kappa shape index (κ3) is 2.79. The Bertz CT molecular complexity index is 740. The minimum absolute atomic E-state index is 0.125. The largest absolute Gasteiger partial charge is 0.285 e. The van der Waals surface area contributed by atoms with Gasteiger partial charge >= 0.3 is 0 Å². The molecule has 1 aromatic carbocycles. The second-order valence-electron chi connectivity index (χ2n) is 5.54. The highest BCUT2D eigenvalue weighted by Crippen LogP contribution is 2.23. The van der Waals surface area contributed by atoms with Gasteiger partial charge in [0.1, 0.15) is 5.82 Å². The zero-order valence-corrected chi connectivity index (χ0v) is 12.5. The van der Waals surface area contributed by atoms with Crippen molar-refractivity contribution in [2.45, 2.75) is 26.3 Å². The van der Waals surface area contributed by atoms with Gasteiger partial charge in [-0.05, 0) is 48.7 Å². The quantitative estimate of drug-likeness (QED) is 0.850. The predicted octanol–water partition coefficient (Wildman–Crippen LogP) is 3.26. The smallest absolute Gasteiger partial charge is 0.126 e. The average Bonchev–Trinajstić information content (AvgIpc) is 3.01. The number of aryl methyl sites for hydroxylation is 3. The van der Waals surface area contributed by atoms with Crippen molar-refractivity contribution in [3.8, 4) is 0 Å². The highest BCUT2D eigenvalue weighted by atomic mass is 19.1. The molecule has 1 aliphatic heterocycles. The van der Waals surface area contributed by atoms with Gasteiger partial charge in [-0.15, -0.1) is 0 Å². The molecule has 3 nitrogen and oxygen atoms in total. The van der Waals surface area contributed by atoms with Crippen molar-refractivity contribution in [2.24, 2.45) is 12.0 Å². The maximum atomic E-state index is 13.3. The van der Waals surface area contributed by atoms with Gasteiger partial charge in [-0.3, -0.25) is 9.67 Å². The Labute approximate surface area is 123 Å². The molecular weight excluding hydrogens is 265 g/mol. The van der Waals surface area contributed by atoms with Crippen LogP contribution >= 0.6 is 0 Å². The first-order chi connectivity index (χ1) is 10.0. The third-order valence-corrected chi connectivity index (χ3v) is 3.79. The van der Waals surface area contributed by atoms with E-state index in [0.717, 1.165) is 23.3 Å². The highest BCUT2D eigenvalue weighted by molar-refractivity contribution is 6.11. The monoisotopic (exact) mass is 283 g/mol. The molecular formula is C17H18FN3. The van der Waals surface area contributed by atoms with E-state index in [9.17, 15) is 4.39 Å². The number of aromatic nitrogens is 2. The molecule has 0 N–H and O–H groups in total.